The zero-order chi connectivity index (χ0) is 8.91. The third kappa shape index (κ3) is 5.74. The quantitative estimate of drug-likeness (QED) is 0.630. The number of halogens is 3. The molecular formula is C7H10F3N. The molecule has 0 radical (unpaired) electrons. The molecule has 1 atom stereocenters. The summed E-state index contributed by atoms with van der Waals surface area (Å²) in [5.41, 5.74) is 5.07. The van der Waals surface area contributed by atoms with Crippen LogP contribution in [0.4, 0.5) is 13.2 Å². The van der Waals surface area contributed by atoms with E-state index in [0.29, 0.717) is 0 Å². The average Bonchev–Trinajstić information content (AvgIpc) is 1.84. The van der Waals surface area contributed by atoms with Crippen LogP contribution in [0.1, 0.15) is 12.8 Å². The van der Waals surface area contributed by atoms with Crippen molar-refractivity contribution in [2.24, 2.45) is 11.7 Å². The van der Waals surface area contributed by atoms with Gasteiger partial charge < -0.3 is 5.73 Å². The van der Waals surface area contributed by atoms with Crippen LogP contribution in [0.3, 0.4) is 0 Å². The van der Waals surface area contributed by atoms with Gasteiger partial charge in [0.15, 0.2) is 0 Å². The minimum Gasteiger partial charge on any atom is -0.330 e. The summed E-state index contributed by atoms with van der Waals surface area (Å²) in [6.45, 7) is -0.0102. The lowest BCUT2D eigenvalue weighted by molar-refractivity contribution is -0.143. The van der Waals surface area contributed by atoms with Crippen molar-refractivity contribution in [2.75, 3.05) is 6.54 Å². The van der Waals surface area contributed by atoms with Gasteiger partial charge in [0.2, 0.25) is 0 Å². The third-order valence-electron chi connectivity index (χ3n) is 1.26. The van der Waals surface area contributed by atoms with Crippen molar-refractivity contribution in [1.29, 1.82) is 0 Å². The van der Waals surface area contributed by atoms with E-state index in [2.05, 4.69) is 5.92 Å². The number of rotatable bonds is 3. The van der Waals surface area contributed by atoms with Crippen molar-refractivity contribution >= 4 is 0 Å². The SMILES string of the molecule is C#CCC(CN)CC(F)(F)F. The molecule has 0 fully saturated rings. The van der Waals surface area contributed by atoms with E-state index in [4.69, 9.17) is 12.2 Å². The fourth-order valence-corrected chi connectivity index (χ4v) is 0.733. The van der Waals surface area contributed by atoms with Crippen molar-refractivity contribution in [1.82, 2.24) is 0 Å². The number of hydrogen-bond donors (Lipinski definition) is 1. The highest BCUT2D eigenvalue weighted by atomic mass is 19.4. The summed E-state index contributed by atoms with van der Waals surface area (Å²) in [6.07, 6.45) is -0.0889. The normalized spacial score (nSPS) is 14.1. The van der Waals surface area contributed by atoms with Gasteiger partial charge in [0.05, 0.1) is 0 Å². The molecule has 0 spiro atoms. The molecule has 0 aliphatic rings. The average molecular weight is 165 g/mol. The Morgan fingerprint density at radius 3 is 2.27 bits per heavy atom. The molecular weight excluding hydrogens is 155 g/mol. The summed E-state index contributed by atoms with van der Waals surface area (Å²) in [5, 5.41) is 0. The molecule has 0 aliphatic carbocycles. The molecule has 1 unspecified atom stereocenters. The lowest BCUT2D eigenvalue weighted by Crippen LogP contribution is -2.21. The predicted molar refractivity (Wildman–Crippen MR) is 36.7 cm³/mol. The highest BCUT2D eigenvalue weighted by Gasteiger charge is 2.30. The maximum Gasteiger partial charge on any atom is 0.389 e. The zero-order valence-corrected chi connectivity index (χ0v) is 5.99. The van der Waals surface area contributed by atoms with Gasteiger partial charge in [-0.1, -0.05) is 0 Å². The summed E-state index contributed by atoms with van der Waals surface area (Å²) in [7, 11) is 0. The third-order valence-corrected chi connectivity index (χ3v) is 1.26. The van der Waals surface area contributed by atoms with Gasteiger partial charge in [0, 0.05) is 12.8 Å². The molecule has 64 valence electrons. The second-order valence-corrected chi connectivity index (χ2v) is 2.33. The van der Waals surface area contributed by atoms with E-state index in [1.165, 1.54) is 0 Å². The first-order valence-electron chi connectivity index (χ1n) is 3.20. The Bertz CT molecular complexity index is 145. The lowest BCUT2D eigenvalue weighted by Gasteiger charge is -2.13. The summed E-state index contributed by atoms with van der Waals surface area (Å²) < 4.78 is 35.1. The summed E-state index contributed by atoms with van der Waals surface area (Å²) in [4.78, 5) is 0. The number of nitrogens with two attached hydrogens (primary N) is 1. The van der Waals surface area contributed by atoms with Crippen LogP contribution in [0.25, 0.3) is 0 Å². The van der Waals surface area contributed by atoms with Gasteiger partial charge >= 0.3 is 6.18 Å². The van der Waals surface area contributed by atoms with E-state index in [1.54, 1.807) is 0 Å². The Morgan fingerprint density at radius 2 is 2.00 bits per heavy atom. The maximum absolute atomic E-state index is 11.7. The topological polar surface area (TPSA) is 26.0 Å². The highest BCUT2D eigenvalue weighted by Crippen LogP contribution is 2.25. The molecule has 0 rings (SSSR count). The van der Waals surface area contributed by atoms with E-state index in [-0.39, 0.29) is 13.0 Å². The Kier molecular flexibility index (Phi) is 3.98. The van der Waals surface area contributed by atoms with E-state index >= 15 is 0 Å². The van der Waals surface area contributed by atoms with Gasteiger partial charge in [0.1, 0.15) is 0 Å². The molecule has 4 heteroatoms. The monoisotopic (exact) mass is 165 g/mol. The molecule has 0 aromatic carbocycles. The Hall–Kier alpha value is -0.690. The van der Waals surface area contributed by atoms with Crippen molar-refractivity contribution < 1.29 is 13.2 Å². The molecule has 2 N–H and O–H groups in total. The first-order chi connectivity index (χ1) is 4.99. The Labute approximate surface area is 63.8 Å². The van der Waals surface area contributed by atoms with Crippen LogP contribution < -0.4 is 5.73 Å². The van der Waals surface area contributed by atoms with Crippen LogP contribution in [0.5, 0.6) is 0 Å². The minimum atomic E-state index is -4.15. The van der Waals surface area contributed by atoms with Gasteiger partial charge in [-0.2, -0.15) is 13.2 Å². The lowest BCUT2D eigenvalue weighted by atomic mass is 10.0. The van der Waals surface area contributed by atoms with Crippen LogP contribution in [-0.2, 0) is 0 Å². The van der Waals surface area contributed by atoms with Crippen LogP contribution in [0.2, 0.25) is 0 Å². The van der Waals surface area contributed by atoms with E-state index in [1.807, 2.05) is 0 Å². The molecule has 1 nitrogen and oxygen atoms in total. The van der Waals surface area contributed by atoms with Crippen molar-refractivity contribution in [3.63, 3.8) is 0 Å². The molecule has 0 amide bonds. The van der Waals surface area contributed by atoms with Crippen molar-refractivity contribution in [3.05, 3.63) is 0 Å². The van der Waals surface area contributed by atoms with Crippen molar-refractivity contribution in [3.8, 4) is 12.3 Å². The molecule has 0 aromatic rings. The molecule has 0 saturated heterocycles. The molecule has 0 heterocycles. The van der Waals surface area contributed by atoms with E-state index in [9.17, 15) is 13.2 Å². The summed E-state index contributed by atoms with van der Waals surface area (Å²) >= 11 is 0. The van der Waals surface area contributed by atoms with Gasteiger partial charge in [0.25, 0.3) is 0 Å². The minimum absolute atomic E-state index is 0.0102. The van der Waals surface area contributed by atoms with Gasteiger partial charge in [-0.05, 0) is 12.5 Å². The zero-order valence-electron chi connectivity index (χ0n) is 5.99. The van der Waals surface area contributed by atoms with E-state index < -0.39 is 18.5 Å². The maximum atomic E-state index is 11.7. The predicted octanol–water partition coefficient (Wildman–Crippen LogP) is 1.54. The summed E-state index contributed by atoms with van der Waals surface area (Å²) in [5.74, 6) is 1.54. The van der Waals surface area contributed by atoms with Crippen molar-refractivity contribution in [2.45, 2.75) is 19.0 Å². The van der Waals surface area contributed by atoms with Gasteiger partial charge in [-0.3, -0.25) is 0 Å². The van der Waals surface area contributed by atoms with Gasteiger partial charge in [-0.15, -0.1) is 12.3 Å². The largest absolute Gasteiger partial charge is 0.389 e. The number of alkyl halides is 3. The number of terminal acetylenes is 1. The van der Waals surface area contributed by atoms with E-state index in [0.717, 1.165) is 0 Å². The first-order valence-corrected chi connectivity index (χ1v) is 3.20. The molecule has 11 heavy (non-hydrogen) atoms. The fourth-order valence-electron chi connectivity index (χ4n) is 0.733. The fraction of sp³-hybridized carbons (Fsp3) is 0.714. The van der Waals surface area contributed by atoms with Crippen LogP contribution in [-0.4, -0.2) is 12.7 Å². The molecule has 0 saturated carbocycles. The van der Waals surface area contributed by atoms with Gasteiger partial charge in [-0.25, -0.2) is 0 Å². The van der Waals surface area contributed by atoms with Crippen LogP contribution in [0, 0.1) is 18.3 Å². The summed E-state index contributed by atoms with van der Waals surface area (Å²) in [6, 6.07) is 0. The number of hydrogen-bond acceptors (Lipinski definition) is 1. The highest BCUT2D eigenvalue weighted by molar-refractivity contribution is 4.87. The van der Waals surface area contributed by atoms with Crippen LogP contribution >= 0.6 is 0 Å². The molecule has 0 aromatic heterocycles. The second kappa shape index (κ2) is 4.24. The molecule has 0 bridgehead atoms. The smallest absolute Gasteiger partial charge is 0.330 e. The Morgan fingerprint density at radius 1 is 1.45 bits per heavy atom. The van der Waals surface area contributed by atoms with Crippen LogP contribution in [0.15, 0.2) is 0 Å². The standard InChI is InChI=1S/C7H10F3N/c1-2-3-6(5-11)4-7(8,9)10/h1,6H,3-5,11H2. The Balaban J connectivity index is 3.80. The second-order valence-electron chi connectivity index (χ2n) is 2.33. The first kappa shape index (κ1) is 10.3. The molecule has 0 aliphatic heterocycles.